The third-order valence-electron chi connectivity index (χ3n) is 8.61. The zero-order valence-electron chi connectivity index (χ0n) is 23.6. The van der Waals surface area contributed by atoms with E-state index in [0.717, 1.165) is 12.0 Å². The molecule has 1 saturated heterocycles. The van der Waals surface area contributed by atoms with Crippen molar-refractivity contribution in [2.24, 2.45) is 21.5 Å². The fourth-order valence-electron chi connectivity index (χ4n) is 6.40. The van der Waals surface area contributed by atoms with E-state index in [2.05, 4.69) is 44.8 Å². The van der Waals surface area contributed by atoms with E-state index in [-0.39, 0.29) is 42.0 Å². The Morgan fingerprint density at radius 3 is 2.81 bits per heavy atom. The number of aliphatic hydroxyl groups is 1. The van der Waals surface area contributed by atoms with E-state index < -0.39 is 35.8 Å². The smallest absolute Gasteiger partial charge is 0.273 e. The number of aromatic nitrogens is 1. The molecule has 42 heavy (non-hydrogen) atoms. The number of para-hydroxylation sites is 1. The van der Waals surface area contributed by atoms with Crippen LogP contribution in [-0.2, 0) is 5.41 Å². The third-order valence-corrected chi connectivity index (χ3v) is 8.61. The number of nitrogens with zero attached hydrogens (tertiary/aromatic N) is 4. The van der Waals surface area contributed by atoms with Crippen molar-refractivity contribution in [3.05, 3.63) is 53.3 Å². The van der Waals surface area contributed by atoms with Gasteiger partial charge >= 0.3 is 0 Å². The molecule has 2 aromatic rings. The van der Waals surface area contributed by atoms with Gasteiger partial charge in [-0.25, -0.2) is 15.0 Å². The van der Waals surface area contributed by atoms with Crippen molar-refractivity contribution in [2.75, 3.05) is 26.8 Å². The highest BCUT2D eigenvalue weighted by atomic mass is 16.5. The Labute approximate surface area is 242 Å². The van der Waals surface area contributed by atoms with Crippen molar-refractivity contribution in [3.8, 4) is 11.5 Å². The van der Waals surface area contributed by atoms with E-state index in [1.54, 1.807) is 23.1 Å². The number of carbonyl (C=O) groups excluding carboxylic acids is 2. The summed E-state index contributed by atoms with van der Waals surface area (Å²) in [7, 11) is 1.46. The SMILES string of the molecule is COc1cccnc1C(=O)NC[C@@H]1N=C(N)N2CC(NC(=O)c3cccc4c3OCCC4(C)C)[C@@H](O)C23NC(N)=NC13. The molecule has 1 aromatic carbocycles. The second-order valence-corrected chi connectivity index (χ2v) is 11.5. The molecule has 1 fully saturated rings. The quantitative estimate of drug-likeness (QED) is 0.248. The fraction of sp³-hybridized carbons (Fsp3) is 0.464. The van der Waals surface area contributed by atoms with Crippen molar-refractivity contribution in [3.63, 3.8) is 0 Å². The van der Waals surface area contributed by atoms with E-state index in [0.29, 0.717) is 23.7 Å². The maximum absolute atomic E-state index is 13.6. The lowest BCUT2D eigenvalue weighted by atomic mass is 9.79. The van der Waals surface area contributed by atoms with E-state index in [9.17, 15) is 14.7 Å². The predicted molar refractivity (Wildman–Crippen MR) is 153 cm³/mol. The first-order valence-electron chi connectivity index (χ1n) is 13.8. The van der Waals surface area contributed by atoms with Gasteiger partial charge in [0.15, 0.2) is 23.3 Å². The summed E-state index contributed by atoms with van der Waals surface area (Å²) in [5, 5.41) is 20.6. The molecule has 8 N–H and O–H groups in total. The molecule has 0 saturated carbocycles. The molecule has 5 heterocycles. The molecule has 0 radical (unpaired) electrons. The van der Waals surface area contributed by atoms with Crippen LogP contribution in [0, 0.1) is 0 Å². The Bertz CT molecular complexity index is 1490. The molecule has 2 amide bonds. The average molecular weight is 578 g/mol. The monoisotopic (exact) mass is 577 g/mol. The highest BCUT2D eigenvalue weighted by Crippen LogP contribution is 2.42. The molecule has 4 aliphatic rings. The molecule has 5 atom stereocenters. The van der Waals surface area contributed by atoms with Gasteiger partial charge in [-0.2, -0.15) is 0 Å². The number of carbonyl (C=O) groups is 2. The van der Waals surface area contributed by atoms with Crippen molar-refractivity contribution < 1.29 is 24.2 Å². The minimum Gasteiger partial charge on any atom is -0.494 e. The van der Waals surface area contributed by atoms with Crippen molar-refractivity contribution >= 4 is 23.7 Å². The molecular weight excluding hydrogens is 542 g/mol. The topological polar surface area (TPSA) is 202 Å². The average Bonchev–Trinajstić information content (AvgIpc) is 3.47. The van der Waals surface area contributed by atoms with Crippen molar-refractivity contribution in [2.45, 2.75) is 55.6 Å². The molecule has 6 rings (SSSR count). The first-order chi connectivity index (χ1) is 20.1. The predicted octanol–water partition coefficient (Wildman–Crippen LogP) is -0.965. The van der Waals surface area contributed by atoms with Gasteiger partial charge < -0.3 is 46.9 Å². The highest BCUT2D eigenvalue weighted by molar-refractivity contribution is 5.98. The summed E-state index contributed by atoms with van der Waals surface area (Å²) in [5.41, 5.74) is 12.6. The Morgan fingerprint density at radius 2 is 2.02 bits per heavy atom. The molecule has 3 unspecified atom stereocenters. The Morgan fingerprint density at radius 1 is 1.21 bits per heavy atom. The van der Waals surface area contributed by atoms with Gasteiger partial charge in [0, 0.05) is 24.8 Å². The van der Waals surface area contributed by atoms with Crippen molar-refractivity contribution in [1.29, 1.82) is 0 Å². The summed E-state index contributed by atoms with van der Waals surface area (Å²) in [4.78, 5) is 41.4. The highest BCUT2D eigenvalue weighted by Gasteiger charge is 2.65. The molecule has 14 heteroatoms. The lowest BCUT2D eigenvalue weighted by Gasteiger charge is -2.46. The fourth-order valence-corrected chi connectivity index (χ4v) is 6.40. The standard InChI is InChI=1S/C28H35N9O5/c1-27(2)9-11-42-20-14(6-4-7-15(20)27)23(39)33-17-13-37-26(30)34-16(21-28(37,22(17)38)36-25(29)35-21)12-32-24(40)19-18(41-3)8-5-10-31-19/h4-8,10,16-17,21-22,38H,9,11-13H2,1-3H3,(H2,30,34)(H,32,40)(H,33,39)(H3,29,35,36)/t16-,17?,21?,22+,28?/m0/s1. The summed E-state index contributed by atoms with van der Waals surface area (Å²) in [5.74, 6) is 0.256. The van der Waals surface area contributed by atoms with Crippen LogP contribution < -0.4 is 36.9 Å². The number of amides is 2. The van der Waals surface area contributed by atoms with Gasteiger partial charge in [-0.1, -0.05) is 26.0 Å². The number of hydrogen-bond donors (Lipinski definition) is 6. The number of nitrogens with two attached hydrogens (primary N) is 2. The molecule has 222 valence electrons. The Balaban J connectivity index is 1.23. The van der Waals surface area contributed by atoms with E-state index in [1.807, 2.05) is 12.1 Å². The van der Waals surface area contributed by atoms with Crippen LogP contribution in [0.3, 0.4) is 0 Å². The molecule has 0 bridgehead atoms. The maximum atomic E-state index is 13.6. The van der Waals surface area contributed by atoms with Crippen molar-refractivity contribution in [1.82, 2.24) is 25.8 Å². The largest absolute Gasteiger partial charge is 0.494 e. The number of fused-ring (bicyclic) bond motifs is 1. The zero-order chi connectivity index (χ0) is 29.8. The normalized spacial score (nSPS) is 28.6. The number of nitrogens with one attached hydrogen (secondary N) is 3. The summed E-state index contributed by atoms with van der Waals surface area (Å²) in [6, 6.07) is 6.69. The van der Waals surface area contributed by atoms with Gasteiger partial charge in [0.05, 0.1) is 31.4 Å². The van der Waals surface area contributed by atoms with Crippen LogP contribution in [0.5, 0.6) is 11.5 Å². The molecule has 1 spiro atoms. The van der Waals surface area contributed by atoms with Gasteiger partial charge in [0.1, 0.15) is 23.6 Å². The second-order valence-electron chi connectivity index (χ2n) is 11.5. The number of hydrogen-bond acceptors (Lipinski definition) is 12. The van der Waals surface area contributed by atoms with E-state index in [4.69, 9.17) is 20.9 Å². The third kappa shape index (κ3) is 4.24. The van der Waals surface area contributed by atoms with Gasteiger partial charge in [-0.05, 0) is 30.0 Å². The Hall–Kier alpha value is -4.59. The number of methoxy groups -OCH3 is 1. The van der Waals surface area contributed by atoms with Crippen LogP contribution in [0.15, 0.2) is 46.5 Å². The number of rotatable bonds is 6. The first-order valence-corrected chi connectivity index (χ1v) is 13.8. The summed E-state index contributed by atoms with van der Waals surface area (Å²) in [6.45, 7) is 4.94. The van der Waals surface area contributed by atoms with Crippen LogP contribution >= 0.6 is 0 Å². The molecule has 4 aliphatic heterocycles. The summed E-state index contributed by atoms with van der Waals surface area (Å²) in [6.07, 6.45) is 1.15. The Kier molecular flexibility index (Phi) is 6.60. The van der Waals surface area contributed by atoms with Gasteiger partial charge in [-0.15, -0.1) is 0 Å². The van der Waals surface area contributed by atoms with Crippen LogP contribution in [-0.4, -0.2) is 95.4 Å². The minimum atomic E-state index is -1.28. The van der Waals surface area contributed by atoms with Gasteiger partial charge in [0.25, 0.3) is 11.8 Å². The van der Waals surface area contributed by atoms with Crippen LogP contribution in [0.2, 0.25) is 0 Å². The number of ether oxygens (including phenoxy) is 2. The number of aliphatic hydroxyl groups excluding tert-OH is 1. The molecule has 0 aliphatic carbocycles. The lowest BCUT2D eigenvalue weighted by molar-refractivity contribution is 0.0143. The molecule has 1 aromatic heterocycles. The van der Waals surface area contributed by atoms with E-state index >= 15 is 0 Å². The summed E-state index contributed by atoms with van der Waals surface area (Å²) >= 11 is 0. The molecular formula is C28H35N9O5. The zero-order valence-corrected chi connectivity index (χ0v) is 23.6. The number of aliphatic imine (C=N–C) groups is 2. The second kappa shape index (κ2) is 10.0. The molecule has 14 nitrogen and oxygen atoms in total. The minimum absolute atomic E-state index is 0.0327. The number of pyridine rings is 1. The number of guanidine groups is 2. The van der Waals surface area contributed by atoms with Gasteiger partial charge in [-0.3, -0.25) is 9.59 Å². The van der Waals surface area contributed by atoms with Crippen LogP contribution in [0.25, 0.3) is 0 Å². The summed E-state index contributed by atoms with van der Waals surface area (Å²) < 4.78 is 11.2. The van der Waals surface area contributed by atoms with Crippen LogP contribution in [0.1, 0.15) is 46.7 Å². The van der Waals surface area contributed by atoms with E-state index in [1.165, 1.54) is 13.3 Å². The van der Waals surface area contributed by atoms with Gasteiger partial charge in [0.2, 0.25) is 0 Å². The number of benzene rings is 1. The lowest BCUT2D eigenvalue weighted by Crippen LogP contribution is -2.73. The first kappa shape index (κ1) is 27.6. The van der Waals surface area contributed by atoms with Crippen LogP contribution in [0.4, 0.5) is 0 Å². The maximum Gasteiger partial charge on any atom is 0.273 e.